The zero-order valence-corrected chi connectivity index (χ0v) is 11.3. The van der Waals surface area contributed by atoms with Gasteiger partial charge in [0.1, 0.15) is 0 Å². The number of carbonyl (C=O) groups is 2. The molecule has 1 saturated heterocycles. The summed E-state index contributed by atoms with van der Waals surface area (Å²) < 4.78 is 0. The minimum atomic E-state index is -0.810. The Morgan fingerprint density at radius 1 is 1.11 bits per heavy atom. The highest BCUT2D eigenvalue weighted by atomic mass is 16.4. The number of likely N-dealkylation sites (tertiary alicyclic amines) is 1. The standard InChI is InChI=1S/C14H23NO4/c16-12-6-2-1-4-10(12)8-13(17)15-7-3-5-11(9-15)14(18)19/h10-12,16H,1-9H2,(H,18,19)/t10-,11?,12+/m0/s1. The van der Waals surface area contributed by atoms with Crippen LogP contribution in [0.5, 0.6) is 0 Å². The van der Waals surface area contributed by atoms with E-state index >= 15 is 0 Å². The predicted molar refractivity (Wildman–Crippen MR) is 69.5 cm³/mol. The third-order valence-electron chi connectivity index (χ3n) is 4.43. The zero-order chi connectivity index (χ0) is 13.8. The average Bonchev–Trinajstić information content (AvgIpc) is 2.41. The molecule has 0 aromatic heterocycles. The Kier molecular flexibility index (Phi) is 4.80. The molecule has 19 heavy (non-hydrogen) atoms. The van der Waals surface area contributed by atoms with E-state index in [4.69, 9.17) is 5.11 Å². The van der Waals surface area contributed by atoms with Gasteiger partial charge >= 0.3 is 5.97 Å². The Morgan fingerprint density at radius 2 is 1.84 bits per heavy atom. The van der Waals surface area contributed by atoms with Crippen molar-refractivity contribution in [2.75, 3.05) is 13.1 Å². The fraction of sp³-hybridized carbons (Fsp3) is 0.857. The molecule has 0 aromatic carbocycles. The highest BCUT2D eigenvalue weighted by molar-refractivity contribution is 5.78. The van der Waals surface area contributed by atoms with Gasteiger partial charge in [-0.3, -0.25) is 9.59 Å². The molecular weight excluding hydrogens is 246 g/mol. The maximum absolute atomic E-state index is 12.2. The van der Waals surface area contributed by atoms with Gasteiger partial charge in [-0.2, -0.15) is 0 Å². The van der Waals surface area contributed by atoms with Crippen LogP contribution in [0.3, 0.4) is 0 Å². The summed E-state index contributed by atoms with van der Waals surface area (Å²) in [6.07, 6.45) is 5.23. The van der Waals surface area contributed by atoms with Crippen LogP contribution in [0.15, 0.2) is 0 Å². The first kappa shape index (κ1) is 14.3. The molecule has 1 unspecified atom stereocenters. The van der Waals surface area contributed by atoms with Crippen LogP contribution in [0.1, 0.15) is 44.9 Å². The van der Waals surface area contributed by atoms with Crippen molar-refractivity contribution in [3.8, 4) is 0 Å². The summed E-state index contributed by atoms with van der Waals surface area (Å²) in [5, 5.41) is 18.9. The monoisotopic (exact) mass is 269 g/mol. The van der Waals surface area contributed by atoms with E-state index in [-0.39, 0.29) is 17.9 Å². The maximum Gasteiger partial charge on any atom is 0.308 e. The molecule has 5 nitrogen and oxygen atoms in total. The molecule has 2 fully saturated rings. The normalized spacial score (nSPS) is 32.1. The number of nitrogens with zero attached hydrogens (tertiary/aromatic N) is 1. The molecule has 2 N–H and O–H groups in total. The van der Waals surface area contributed by atoms with Crippen LogP contribution in [-0.2, 0) is 9.59 Å². The lowest BCUT2D eigenvalue weighted by atomic mass is 9.84. The predicted octanol–water partition coefficient (Wildman–Crippen LogP) is 1.25. The van der Waals surface area contributed by atoms with Gasteiger partial charge in [0, 0.05) is 19.5 Å². The largest absolute Gasteiger partial charge is 0.481 e. The van der Waals surface area contributed by atoms with E-state index in [1.807, 2.05) is 0 Å². The number of aliphatic hydroxyl groups is 1. The van der Waals surface area contributed by atoms with Gasteiger partial charge in [0.25, 0.3) is 0 Å². The van der Waals surface area contributed by atoms with Crippen LogP contribution in [0.25, 0.3) is 0 Å². The SMILES string of the molecule is O=C(O)C1CCCN(C(=O)C[C@@H]2CCCC[C@H]2O)C1. The second-order valence-corrected chi connectivity index (χ2v) is 5.83. The first-order valence-corrected chi connectivity index (χ1v) is 7.26. The number of hydrogen-bond acceptors (Lipinski definition) is 3. The summed E-state index contributed by atoms with van der Waals surface area (Å²) in [6, 6.07) is 0. The summed E-state index contributed by atoms with van der Waals surface area (Å²) in [5.74, 6) is -1.16. The molecule has 1 saturated carbocycles. The Morgan fingerprint density at radius 3 is 2.53 bits per heavy atom. The number of rotatable bonds is 3. The molecule has 1 aliphatic heterocycles. The van der Waals surface area contributed by atoms with E-state index in [9.17, 15) is 14.7 Å². The summed E-state index contributed by atoms with van der Waals surface area (Å²) in [7, 11) is 0. The second kappa shape index (κ2) is 6.37. The molecule has 0 bridgehead atoms. The quantitative estimate of drug-likeness (QED) is 0.808. The van der Waals surface area contributed by atoms with Gasteiger partial charge in [0.05, 0.1) is 12.0 Å². The summed E-state index contributed by atoms with van der Waals surface area (Å²) >= 11 is 0. The summed E-state index contributed by atoms with van der Waals surface area (Å²) in [5.41, 5.74) is 0. The summed E-state index contributed by atoms with van der Waals surface area (Å²) in [6.45, 7) is 0.989. The van der Waals surface area contributed by atoms with E-state index in [0.717, 1.165) is 32.1 Å². The molecule has 2 aliphatic rings. The topological polar surface area (TPSA) is 77.8 Å². The van der Waals surface area contributed by atoms with Gasteiger partial charge in [0.2, 0.25) is 5.91 Å². The summed E-state index contributed by atoms with van der Waals surface area (Å²) in [4.78, 5) is 24.9. The lowest BCUT2D eigenvalue weighted by molar-refractivity contribution is -0.146. The number of hydrogen-bond donors (Lipinski definition) is 2. The van der Waals surface area contributed by atoms with Crippen molar-refractivity contribution in [1.82, 2.24) is 4.90 Å². The van der Waals surface area contributed by atoms with E-state index in [1.165, 1.54) is 0 Å². The van der Waals surface area contributed by atoms with Crippen molar-refractivity contribution in [3.05, 3.63) is 0 Å². The highest BCUT2D eigenvalue weighted by Crippen LogP contribution is 2.28. The minimum absolute atomic E-state index is 0.0110. The van der Waals surface area contributed by atoms with E-state index < -0.39 is 11.9 Å². The molecule has 1 amide bonds. The number of carbonyl (C=O) groups excluding carboxylic acids is 1. The zero-order valence-electron chi connectivity index (χ0n) is 11.3. The Balaban J connectivity index is 1.86. The Labute approximate surface area is 113 Å². The van der Waals surface area contributed by atoms with Crippen molar-refractivity contribution in [3.63, 3.8) is 0 Å². The number of piperidine rings is 1. The molecule has 0 radical (unpaired) electrons. The van der Waals surface area contributed by atoms with Crippen molar-refractivity contribution < 1.29 is 19.8 Å². The van der Waals surface area contributed by atoms with Crippen LogP contribution in [0, 0.1) is 11.8 Å². The third-order valence-corrected chi connectivity index (χ3v) is 4.43. The van der Waals surface area contributed by atoms with Crippen molar-refractivity contribution >= 4 is 11.9 Å². The Bertz CT molecular complexity index is 344. The van der Waals surface area contributed by atoms with Gasteiger partial charge in [-0.05, 0) is 31.6 Å². The molecule has 5 heteroatoms. The van der Waals surface area contributed by atoms with Gasteiger partial charge in [-0.15, -0.1) is 0 Å². The average molecular weight is 269 g/mol. The molecule has 108 valence electrons. The number of carboxylic acids is 1. The molecular formula is C14H23NO4. The molecule has 1 aliphatic carbocycles. The van der Waals surface area contributed by atoms with Gasteiger partial charge in [0.15, 0.2) is 0 Å². The van der Waals surface area contributed by atoms with Gasteiger partial charge < -0.3 is 15.1 Å². The van der Waals surface area contributed by atoms with Crippen LogP contribution in [0.4, 0.5) is 0 Å². The van der Waals surface area contributed by atoms with E-state index in [1.54, 1.807) is 4.90 Å². The van der Waals surface area contributed by atoms with Crippen LogP contribution < -0.4 is 0 Å². The van der Waals surface area contributed by atoms with E-state index in [0.29, 0.717) is 25.9 Å². The second-order valence-electron chi connectivity index (χ2n) is 5.83. The number of amides is 1. The van der Waals surface area contributed by atoms with Crippen LogP contribution in [-0.4, -0.2) is 46.2 Å². The third kappa shape index (κ3) is 3.69. The maximum atomic E-state index is 12.2. The van der Waals surface area contributed by atoms with Crippen molar-refractivity contribution in [1.29, 1.82) is 0 Å². The van der Waals surface area contributed by atoms with Crippen LogP contribution in [0.2, 0.25) is 0 Å². The number of aliphatic carboxylic acids is 1. The molecule has 0 aromatic rings. The molecule has 1 heterocycles. The first-order valence-electron chi connectivity index (χ1n) is 7.26. The van der Waals surface area contributed by atoms with Gasteiger partial charge in [-0.25, -0.2) is 0 Å². The van der Waals surface area contributed by atoms with Crippen LogP contribution >= 0.6 is 0 Å². The lowest BCUT2D eigenvalue weighted by Gasteiger charge is -2.33. The highest BCUT2D eigenvalue weighted by Gasteiger charge is 2.31. The van der Waals surface area contributed by atoms with Crippen molar-refractivity contribution in [2.45, 2.75) is 51.0 Å². The first-order chi connectivity index (χ1) is 9.08. The lowest BCUT2D eigenvalue weighted by Crippen LogP contribution is -2.43. The molecule has 2 rings (SSSR count). The number of aliphatic hydroxyl groups excluding tert-OH is 1. The van der Waals surface area contributed by atoms with Gasteiger partial charge in [-0.1, -0.05) is 12.8 Å². The van der Waals surface area contributed by atoms with E-state index in [2.05, 4.69) is 0 Å². The fourth-order valence-electron chi connectivity index (χ4n) is 3.18. The molecule has 3 atom stereocenters. The fourth-order valence-corrected chi connectivity index (χ4v) is 3.18. The van der Waals surface area contributed by atoms with Crippen molar-refractivity contribution in [2.24, 2.45) is 11.8 Å². The Hall–Kier alpha value is -1.10. The molecule has 0 spiro atoms. The minimum Gasteiger partial charge on any atom is -0.481 e. The number of carboxylic acid groups (broad SMARTS) is 1. The smallest absolute Gasteiger partial charge is 0.308 e.